The van der Waals surface area contributed by atoms with E-state index in [9.17, 15) is 9.59 Å². The molecule has 0 saturated carbocycles. The van der Waals surface area contributed by atoms with Gasteiger partial charge in [-0.15, -0.1) is 0 Å². The standard InChI is InChI=1S/C20H22N4O3/c1-4-24-17(11-12-21-24)14-22(2)20(26)15-5-10-19(25)23(13-15)16-6-8-18(27-3)9-7-16/h5-13H,4,14H2,1-3H3. The van der Waals surface area contributed by atoms with Crippen LogP contribution < -0.4 is 10.3 Å². The number of ether oxygens (including phenoxy) is 1. The lowest BCUT2D eigenvalue weighted by molar-refractivity contribution is 0.0781. The summed E-state index contributed by atoms with van der Waals surface area (Å²) in [4.78, 5) is 26.7. The second kappa shape index (κ2) is 7.90. The molecule has 0 aliphatic carbocycles. The maximum atomic E-state index is 12.8. The van der Waals surface area contributed by atoms with E-state index in [0.717, 1.165) is 12.2 Å². The molecule has 0 saturated heterocycles. The largest absolute Gasteiger partial charge is 0.497 e. The second-order valence-electron chi connectivity index (χ2n) is 6.12. The third kappa shape index (κ3) is 3.92. The third-order valence-corrected chi connectivity index (χ3v) is 4.36. The highest BCUT2D eigenvalue weighted by atomic mass is 16.5. The SMILES string of the molecule is CCn1nccc1CN(C)C(=O)c1ccc(=O)n(-c2ccc(OC)cc2)c1. The van der Waals surface area contributed by atoms with Gasteiger partial charge < -0.3 is 9.64 Å². The number of aromatic nitrogens is 3. The van der Waals surface area contributed by atoms with Gasteiger partial charge in [0.2, 0.25) is 0 Å². The highest BCUT2D eigenvalue weighted by molar-refractivity contribution is 5.93. The van der Waals surface area contributed by atoms with Gasteiger partial charge in [-0.2, -0.15) is 5.10 Å². The van der Waals surface area contributed by atoms with E-state index < -0.39 is 0 Å². The molecule has 0 unspecified atom stereocenters. The van der Waals surface area contributed by atoms with E-state index in [1.807, 2.05) is 17.7 Å². The fourth-order valence-corrected chi connectivity index (χ4v) is 2.87. The monoisotopic (exact) mass is 366 g/mol. The molecule has 7 nitrogen and oxygen atoms in total. The van der Waals surface area contributed by atoms with Gasteiger partial charge in [-0.3, -0.25) is 18.8 Å². The zero-order valence-electron chi connectivity index (χ0n) is 15.6. The van der Waals surface area contributed by atoms with Crippen molar-refractivity contribution in [3.63, 3.8) is 0 Å². The predicted molar refractivity (Wildman–Crippen MR) is 102 cm³/mol. The smallest absolute Gasteiger partial charge is 0.255 e. The number of carbonyl (C=O) groups is 1. The lowest BCUT2D eigenvalue weighted by Gasteiger charge is -2.18. The van der Waals surface area contributed by atoms with E-state index in [1.165, 1.54) is 10.6 Å². The third-order valence-electron chi connectivity index (χ3n) is 4.36. The number of carbonyl (C=O) groups excluding carboxylic acids is 1. The van der Waals surface area contributed by atoms with Gasteiger partial charge in [0.15, 0.2) is 0 Å². The number of nitrogens with zero attached hydrogens (tertiary/aromatic N) is 4. The first-order valence-corrected chi connectivity index (χ1v) is 8.66. The summed E-state index contributed by atoms with van der Waals surface area (Å²) in [5.74, 6) is 0.535. The molecule has 3 rings (SSSR count). The van der Waals surface area contributed by atoms with Crippen LogP contribution in [-0.2, 0) is 13.1 Å². The minimum absolute atomic E-state index is 0.166. The number of methoxy groups -OCH3 is 1. The lowest BCUT2D eigenvalue weighted by atomic mass is 10.2. The molecule has 2 heterocycles. The molecule has 1 aromatic carbocycles. The van der Waals surface area contributed by atoms with Crippen molar-refractivity contribution in [1.82, 2.24) is 19.2 Å². The molecule has 0 spiro atoms. The van der Waals surface area contributed by atoms with Crippen molar-refractivity contribution in [3.05, 3.63) is 76.5 Å². The van der Waals surface area contributed by atoms with E-state index in [4.69, 9.17) is 4.74 Å². The molecule has 0 aliphatic heterocycles. The Morgan fingerprint density at radius 1 is 1.15 bits per heavy atom. The van der Waals surface area contributed by atoms with E-state index in [1.54, 1.807) is 61.8 Å². The summed E-state index contributed by atoms with van der Waals surface area (Å²) >= 11 is 0. The number of benzene rings is 1. The van der Waals surface area contributed by atoms with Crippen molar-refractivity contribution in [3.8, 4) is 11.4 Å². The van der Waals surface area contributed by atoms with Crippen LogP contribution in [0.1, 0.15) is 23.0 Å². The fourth-order valence-electron chi connectivity index (χ4n) is 2.87. The molecule has 0 aliphatic rings. The molecule has 0 N–H and O–H groups in total. The Morgan fingerprint density at radius 2 is 1.89 bits per heavy atom. The zero-order chi connectivity index (χ0) is 19.4. The van der Waals surface area contributed by atoms with E-state index >= 15 is 0 Å². The first-order valence-electron chi connectivity index (χ1n) is 8.66. The first kappa shape index (κ1) is 18.4. The van der Waals surface area contributed by atoms with Crippen molar-refractivity contribution in [2.75, 3.05) is 14.2 Å². The topological polar surface area (TPSA) is 69.4 Å². The van der Waals surface area contributed by atoms with Crippen LogP contribution in [0.2, 0.25) is 0 Å². The number of rotatable bonds is 6. The van der Waals surface area contributed by atoms with Crippen LogP contribution >= 0.6 is 0 Å². The summed E-state index contributed by atoms with van der Waals surface area (Å²) in [6, 6.07) is 11.9. The molecule has 0 atom stereocenters. The molecular weight excluding hydrogens is 344 g/mol. The van der Waals surface area contributed by atoms with E-state index in [2.05, 4.69) is 5.10 Å². The highest BCUT2D eigenvalue weighted by Crippen LogP contribution is 2.15. The Bertz CT molecular complexity index is 989. The van der Waals surface area contributed by atoms with Gasteiger partial charge in [0.1, 0.15) is 5.75 Å². The number of amides is 1. The Morgan fingerprint density at radius 3 is 2.56 bits per heavy atom. The number of pyridine rings is 1. The van der Waals surface area contributed by atoms with E-state index in [-0.39, 0.29) is 11.5 Å². The average molecular weight is 366 g/mol. The molecule has 0 fully saturated rings. The van der Waals surface area contributed by atoms with Crippen molar-refractivity contribution in [2.45, 2.75) is 20.0 Å². The van der Waals surface area contributed by atoms with Crippen molar-refractivity contribution < 1.29 is 9.53 Å². The van der Waals surface area contributed by atoms with Gasteiger partial charge in [0.25, 0.3) is 11.5 Å². The summed E-state index contributed by atoms with van der Waals surface area (Å²) in [6.45, 7) is 3.18. The number of hydrogen-bond donors (Lipinski definition) is 0. The van der Waals surface area contributed by atoms with Crippen molar-refractivity contribution in [2.24, 2.45) is 0 Å². The van der Waals surface area contributed by atoms with Gasteiger partial charge >= 0.3 is 0 Å². The molecule has 140 valence electrons. The van der Waals surface area contributed by atoms with Gasteiger partial charge in [-0.1, -0.05) is 0 Å². The molecule has 2 aromatic heterocycles. The summed E-state index contributed by atoms with van der Waals surface area (Å²) in [5.41, 5.74) is 1.86. The van der Waals surface area contributed by atoms with Crippen LogP contribution in [0.25, 0.3) is 5.69 Å². The molecule has 27 heavy (non-hydrogen) atoms. The van der Waals surface area contributed by atoms with Crippen molar-refractivity contribution >= 4 is 5.91 Å². The summed E-state index contributed by atoms with van der Waals surface area (Å²) in [5, 5.41) is 4.22. The Balaban J connectivity index is 1.85. The van der Waals surface area contributed by atoms with Crippen LogP contribution in [-0.4, -0.2) is 39.3 Å². The molecule has 3 aromatic rings. The Labute approximate surface area is 157 Å². The van der Waals surface area contributed by atoms with Crippen molar-refractivity contribution in [1.29, 1.82) is 0 Å². The molecule has 0 radical (unpaired) electrons. The van der Waals surface area contributed by atoms with Crippen LogP contribution in [0.5, 0.6) is 5.75 Å². The average Bonchev–Trinajstić information content (AvgIpc) is 3.15. The molecule has 0 bridgehead atoms. The molecular formula is C20H22N4O3. The van der Waals surface area contributed by atoms with Crippen LogP contribution in [0.4, 0.5) is 0 Å². The quantitative estimate of drug-likeness (QED) is 0.671. The van der Waals surface area contributed by atoms with Gasteiger partial charge in [0, 0.05) is 37.7 Å². The zero-order valence-corrected chi connectivity index (χ0v) is 15.6. The van der Waals surface area contributed by atoms with Crippen LogP contribution in [0, 0.1) is 0 Å². The minimum atomic E-state index is -0.205. The number of hydrogen-bond acceptors (Lipinski definition) is 4. The number of aryl methyl sites for hydroxylation is 1. The fraction of sp³-hybridized carbons (Fsp3) is 0.250. The first-order chi connectivity index (χ1) is 13.0. The van der Waals surface area contributed by atoms with Crippen LogP contribution in [0.15, 0.2) is 59.7 Å². The van der Waals surface area contributed by atoms with Gasteiger partial charge in [-0.05, 0) is 43.3 Å². The Kier molecular flexibility index (Phi) is 5.40. The second-order valence-corrected chi connectivity index (χ2v) is 6.12. The van der Waals surface area contributed by atoms with Gasteiger partial charge in [0.05, 0.1) is 24.9 Å². The van der Waals surface area contributed by atoms with Crippen LogP contribution in [0.3, 0.4) is 0 Å². The molecule has 7 heteroatoms. The summed E-state index contributed by atoms with van der Waals surface area (Å²) in [7, 11) is 3.32. The van der Waals surface area contributed by atoms with E-state index in [0.29, 0.717) is 23.5 Å². The highest BCUT2D eigenvalue weighted by Gasteiger charge is 2.15. The Hall–Kier alpha value is -3.35. The maximum Gasteiger partial charge on any atom is 0.255 e. The van der Waals surface area contributed by atoms with Gasteiger partial charge in [-0.25, -0.2) is 0 Å². The maximum absolute atomic E-state index is 12.8. The predicted octanol–water partition coefficient (Wildman–Crippen LogP) is 2.33. The lowest BCUT2D eigenvalue weighted by Crippen LogP contribution is -2.29. The molecule has 1 amide bonds. The summed E-state index contributed by atoms with van der Waals surface area (Å²) < 4.78 is 8.45. The minimum Gasteiger partial charge on any atom is -0.497 e. The normalized spacial score (nSPS) is 10.6. The summed E-state index contributed by atoms with van der Waals surface area (Å²) in [6.07, 6.45) is 3.29.